The highest BCUT2D eigenvalue weighted by Crippen LogP contribution is 2.25. The van der Waals surface area contributed by atoms with Gasteiger partial charge in [-0.25, -0.2) is 0 Å². The molecule has 0 spiro atoms. The predicted octanol–water partition coefficient (Wildman–Crippen LogP) is 2.33. The van der Waals surface area contributed by atoms with E-state index in [4.69, 9.17) is 11.5 Å². The SMILES string of the molecule is Nc1ccc(-c2cccc(C=O)c2)cc1N. The molecular formula is C13H12N2O. The van der Waals surface area contributed by atoms with E-state index >= 15 is 0 Å². The molecule has 16 heavy (non-hydrogen) atoms. The minimum atomic E-state index is 0.550. The van der Waals surface area contributed by atoms with Crippen LogP contribution >= 0.6 is 0 Å². The zero-order chi connectivity index (χ0) is 11.5. The standard InChI is InChI=1S/C13H12N2O/c14-12-5-4-11(7-13(12)15)10-3-1-2-9(6-10)8-16/h1-8H,14-15H2. The van der Waals surface area contributed by atoms with Gasteiger partial charge >= 0.3 is 0 Å². The van der Waals surface area contributed by atoms with Crippen LogP contribution in [-0.2, 0) is 0 Å². The summed E-state index contributed by atoms with van der Waals surface area (Å²) in [7, 11) is 0. The van der Waals surface area contributed by atoms with Crippen molar-refractivity contribution in [3.63, 3.8) is 0 Å². The molecule has 0 aliphatic carbocycles. The fourth-order valence-electron chi connectivity index (χ4n) is 1.55. The van der Waals surface area contributed by atoms with Crippen LogP contribution in [0.4, 0.5) is 11.4 Å². The first-order valence-corrected chi connectivity index (χ1v) is 4.91. The molecule has 0 bridgehead atoms. The summed E-state index contributed by atoms with van der Waals surface area (Å²) in [5.41, 5.74) is 15.0. The molecule has 3 heteroatoms. The highest BCUT2D eigenvalue weighted by Gasteiger charge is 2.01. The highest BCUT2D eigenvalue weighted by atomic mass is 16.1. The number of aldehydes is 1. The monoisotopic (exact) mass is 212 g/mol. The Morgan fingerprint density at radius 2 is 1.62 bits per heavy atom. The molecule has 2 rings (SSSR count). The van der Waals surface area contributed by atoms with Gasteiger partial charge in [-0.2, -0.15) is 0 Å². The minimum Gasteiger partial charge on any atom is -0.397 e. The number of carbonyl (C=O) groups excluding carboxylic acids is 1. The predicted molar refractivity (Wildman–Crippen MR) is 66.1 cm³/mol. The quantitative estimate of drug-likeness (QED) is 0.593. The maximum atomic E-state index is 10.7. The Kier molecular flexibility index (Phi) is 2.60. The van der Waals surface area contributed by atoms with E-state index in [-0.39, 0.29) is 0 Å². The lowest BCUT2D eigenvalue weighted by Gasteiger charge is -2.05. The summed E-state index contributed by atoms with van der Waals surface area (Å²) < 4.78 is 0. The second kappa shape index (κ2) is 4.06. The Morgan fingerprint density at radius 3 is 2.31 bits per heavy atom. The van der Waals surface area contributed by atoms with Gasteiger partial charge in [0, 0.05) is 5.56 Å². The summed E-state index contributed by atoms with van der Waals surface area (Å²) >= 11 is 0. The second-order valence-corrected chi connectivity index (χ2v) is 3.59. The number of benzene rings is 2. The van der Waals surface area contributed by atoms with E-state index in [1.54, 1.807) is 18.2 Å². The Hall–Kier alpha value is -2.29. The van der Waals surface area contributed by atoms with Crippen LogP contribution in [0.3, 0.4) is 0 Å². The molecule has 2 aromatic carbocycles. The smallest absolute Gasteiger partial charge is 0.150 e. The van der Waals surface area contributed by atoms with Crippen LogP contribution in [0.5, 0.6) is 0 Å². The first kappa shape index (κ1) is 10.2. The third-order valence-corrected chi connectivity index (χ3v) is 2.44. The van der Waals surface area contributed by atoms with E-state index in [1.807, 2.05) is 24.3 Å². The van der Waals surface area contributed by atoms with E-state index < -0.39 is 0 Å². The van der Waals surface area contributed by atoms with Crippen LogP contribution in [0.2, 0.25) is 0 Å². The fourth-order valence-corrected chi connectivity index (χ4v) is 1.55. The van der Waals surface area contributed by atoms with Gasteiger partial charge < -0.3 is 11.5 Å². The van der Waals surface area contributed by atoms with Crippen LogP contribution in [0.15, 0.2) is 42.5 Å². The van der Waals surface area contributed by atoms with Crippen LogP contribution in [-0.4, -0.2) is 6.29 Å². The summed E-state index contributed by atoms with van der Waals surface area (Å²) in [6.07, 6.45) is 0.824. The first-order chi connectivity index (χ1) is 7.70. The number of hydrogen-bond acceptors (Lipinski definition) is 3. The zero-order valence-corrected chi connectivity index (χ0v) is 8.68. The van der Waals surface area contributed by atoms with E-state index in [1.165, 1.54) is 0 Å². The van der Waals surface area contributed by atoms with Gasteiger partial charge in [-0.15, -0.1) is 0 Å². The largest absolute Gasteiger partial charge is 0.397 e. The summed E-state index contributed by atoms with van der Waals surface area (Å²) in [6.45, 7) is 0. The third-order valence-electron chi connectivity index (χ3n) is 2.44. The van der Waals surface area contributed by atoms with Crippen molar-refractivity contribution in [2.24, 2.45) is 0 Å². The van der Waals surface area contributed by atoms with E-state index in [0.717, 1.165) is 17.4 Å². The molecule has 0 aromatic heterocycles. The first-order valence-electron chi connectivity index (χ1n) is 4.91. The Labute approximate surface area is 93.7 Å². The van der Waals surface area contributed by atoms with Gasteiger partial charge in [0.15, 0.2) is 0 Å². The molecule has 0 saturated heterocycles. The normalized spacial score (nSPS) is 10.0. The molecule has 2 aromatic rings. The summed E-state index contributed by atoms with van der Waals surface area (Å²) in [6, 6.07) is 12.8. The van der Waals surface area contributed by atoms with Crippen molar-refractivity contribution in [1.82, 2.24) is 0 Å². The number of nitrogen functional groups attached to an aromatic ring is 2. The molecule has 0 amide bonds. The summed E-state index contributed by atoms with van der Waals surface area (Å²) in [4.78, 5) is 10.7. The highest BCUT2D eigenvalue weighted by molar-refractivity contribution is 5.80. The van der Waals surface area contributed by atoms with Crippen LogP contribution < -0.4 is 11.5 Å². The topological polar surface area (TPSA) is 69.1 Å². The van der Waals surface area contributed by atoms with Crippen molar-refractivity contribution in [2.75, 3.05) is 11.5 Å². The van der Waals surface area contributed by atoms with Crippen molar-refractivity contribution in [3.05, 3.63) is 48.0 Å². The van der Waals surface area contributed by atoms with Gasteiger partial charge in [0.1, 0.15) is 6.29 Å². The number of hydrogen-bond donors (Lipinski definition) is 2. The molecular weight excluding hydrogens is 200 g/mol. The third kappa shape index (κ3) is 1.88. The maximum absolute atomic E-state index is 10.7. The summed E-state index contributed by atoms with van der Waals surface area (Å²) in [5, 5.41) is 0. The van der Waals surface area contributed by atoms with Crippen LogP contribution in [0.25, 0.3) is 11.1 Å². The second-order valence-electron chi connectivity index (χ2n) is 3.59. The number of nitrogens with two attached hydrogens (primary N) is 2. The molecule has 0 atom stereocenters. The number of carbonyl (C=O) groups is 1. The fraction of sp³-hybridized carbons (Fsp3) is 0. The van der Waals surface area contributed by atoms with E-state index in [9.17, 15) is 4.79 Å². The average molecular weight is 212 g/mol. The van der Waals surface area contributed by atoms with Gasteiger partial charge in [-0.3, -0.25) is 4.79 Å². The van der Waals surface area contributed by atoms with Crippen molar-refractivity contribution in [3.8, 4) is 11.1 Å². The molecule has 0 unspecified atom stereocenters. The van der Waals surface area contributed by atoms with Crippen LogP contribution in [0, 0.1) is 0 Å². The molecule has 0 aliphatic heterocycles. The lowest BCUT2D eigenvalue weighted by molar-refractivity contribution is 0.112. The van der Waals surface area contributed by atoms with Gasteiger partial charge in [-0.05, 0) is 29.3 Å². The Morgan fingerprint density at radius 1 is 0.875 bits per heavy atom. The lowest BCUT2D eigenvalue weighted by atomic mass is 10.0. The van der Waals surface area contributed by atoms with Crippen molar-refractivity contribution >= 4 is 17.7 Å². The average Bonchev–Trinajstić information content (AvgIpc) is 2.33. The molecule has 80 valence electrons. The number of rotatable bonds is 2. The molecule has 0 aliphatic rings. The molecule has 4 N–H and O–H groups in total. The van der Waals surface area contributed by atoms with Crippen molar-refractivity contribution in [2.45, 2.75) is 0 Å². The zero-order valence-electron chi connectivity index (χ0n) is 8.68. The molecule has 0 radical (unpaired) electrons. The van der Waals surface area contributed by atoms with Gasteiger partial charge in [0.05, 0.1) is 11.4 Å². The molecule has 0 heterocycles. The molecule has 0 fully saturated rings. The van der Waals surface area contributed by atoms with Crippen molar-refractivity contribution < 1.29 is 4.79 Å². The van der Waals surface area contributed by atoms with Crippen LogP contribution in [0.1, 0.15) is 10.4 Å². The van der Waals surface area contributed by atoms with E-state index in [2.05, 4.69) is 0 Å². The lowest BCUT2D eigenvalue weighted by Crippen LogP contribution is -1.94. The van der Waals surface area contributed by atoms with Gasteiger partial charge in [0.2, 0.25) is 0 Å². The van der Waals surface area contributed by atoms with Gasteiger partial charge in [0.25, 0.3) is 0 Å². The summed E-state index contributed by atoms with van der Waals surface area (Å²) in [5.74, 6) is 0. The minimum absolute atomic E-state index is 0.550. The molecule has 0 saturated carbocycles. The Bertz CT molecular complexity index is 535. The van der Waals surface area contributed by atoms with E-state index in [0.29, 0.717) is 16.9 Å². The number of anilines is 2. The van der Waals surface area contributed by atoms with Crippen molar-refractivity contribution in [1.29, 1.82) is 0 Å². The molecule has 3 nitrogen and oxygen atoms in total. The maximum Gasteiger partial charge on any atom is 0.150 e. The van der Waals surface area contributed by atoms with Gasteiger partial charge in [-0.1, -0.05) is 24.3 Å². The Balaban J connectivity index is 2.49.